The number of hydrogen-bond donors (Lipinski definition) is 0. The lowest BCUT2D eigenvalue weighted by Gasteiger charge is -2.26. The van der Waals surface area contributed by atoms with Gasteiger partial charge < -0.3 is 4.90 Å². The van der Waals surface area contributed by atoms with Crippen LogP contribution in [-0.4, -0.2) is 23.9 Å². The largest absolute Gasteiger partial charge is 0.338 e. The first kappa shape index (κ1) is 12.9. The molecule has 0 unspecified atom stereocenters. The third kappa shape index (κ3) is 2.23. The molecule has 0 radical (unpaired) electrons. The van der Waals surface area contributed by atoms with E-state index in [4.69, 9.17) is 11.6 Å². The quantitative estimate of drug-likeness (QED) is 0.767. The van der Waals surface area contributed by atoms with Crippen LogP contribution >= 0.6 is 22.9 Å². The van der Waals surface area contributed by atoms with Crippen LogP contribution in [0.1, 0.15) is 28.9 Å². The third-order valence-corrected chi connectivity index (χ3v) is 5.08. The average Bonchev–Trinajstić information content (AvgIpc) is 2.78. The number of carbonyl (C=O) groups is 1. The first-order chi connectivity index (χ1) is 9.18. The monoisotopic (exact) mass is 297 g/mol. The van der Waals surface area contributed by atoms with Crippen molar-refractivity contribution in [2.75, 3.05) is 13.1 Å². The number of likely N-dealkylation sites (tertiary alicyclic amines) is 1. The Hall–Kier alpha value is -1.13. The molecule has 1 aliphatic heterocycles. The summed E-state index contributed by atoms with van der Waals surface area (Å²) in [6.45, 7) is 1.54. The Labute approximate surface area is 119 Å². The minimum Gasteiger partial charge on any atom is -0.338 e. The van der Waals surface area contributed by atoms with Crippen LogP contribution in [0.15, 0.2) is 18.2 Å². The van der Waals surface area contributed by atoms with Gasteiger partial charge in [0.1, 0.15) is 10.7 Å². The predicted octanol–water partition coefficient (Wildman–Crippen LogP) is 4.32. The summed E-state index contributed by atoms with van der Waals surface area (Å²) in [4.78, 5) is 14.7. The molecule has 19 heavy (non-hydrogen) atoms. The number of nitrogens with zero attached hydrogens (tertiary/aromatic N) is 1. The minimum atomic E-state index is -0.364. The first-order valence-corrected chi connectivity index (χ1v) is 7.53. The van der Waals surface area contributed by atoms with E-state index < -0.39 is 0 Å². The number of thiophene rings is 1. The molecule has 0 saturated carbocycles. The second-order valence-corrected chi connectivity index (χ2v) is 6.14. The topological polar surface area (TPSA) is 20.3 Å². The number of carbonyl (C=O) groups excluding carboxylic acids is 1. The molecule has 1 amide bonds. The molecular formula is C14H13ClFNOS. The van der Waals surface area contributed by atoms with E-state index in [0.29, 0.717) is 10.3 Å². The zero-order valence-corrected chi connectivity index (χ0v) is 11.9. The number of piperidine rings is 1. The molecule has 1 aromatic carbocycles. The van der Waals surface area contributed by atoms with Gasteiger partial charge in [0.15, 0.2) is 0 Å². The molecular weight excluding hydrogens is 285 g/mol. The molecule has 1 aliphatic rings. The fraction of sp³-hybridized carbons (Fsp3) is 0.357. The number of rotatable bonds is 1. The van der Waals surface area contributed by atoms with Crippen molar-refractivity contribution in [2.45, 2.75) is 19.3 Å². The Morgan fingerprint density at radius 1 is 1.26 bits per heavy atom. The van der Waals surface area contributed by atoms with Crippen molar-refractivity contribution >= 4 is 38.9 Å². The molecule has 1 aromatic heterocycles. The van der Waals surface area contributed by atoms with Crippen LogP contribution in [0.4, 0.5) is 4.39 Å². The second-order valence-electron chi connectivity index (χ2n) is 4.71. The lowest BCUT2D eigenvalue weighted by Crippen LogP contribution is -2.35. The third-order valence-electron chi connectivity index (χ3n) is 3.44. The highest BCUT2D eigenvalue weighted by molar-refractivity contribution is 7.21. The van der Waals surface area contributed by atoms with E-state index in [1.165, 1.54) is 23.8 Å². The maximum Gasteiger partial charge on any atom is 0.265 e. The number of benzene rings is 1. The van der Waals surface area contributed by atoms with Gasteiger partial charge in [0, 0.05) is 23.2 Å². The molecule has 0 atom stereocenters. The molecule has 2 aromatic rings. The molecule has 5 heteroatoms. The Balaban J connectivity index is 2.03. The van der Waals surface area contributed by atoms with Crippen LogP contribution in [0.25, 0.3) is 10.1 Å². The lowest BCUT2D eigenvalue weighted by atomic mass is 10.1. The number of fused-ring (bicyclic) bond motifs is 1. The minimum absolute atomic E-state index is 0.0645. The SMILES string of the molecule is O=C(c1sc2cccc(F)c2c1Cl)N1CCCCC1. The molecule has 0 spiro atoms. The molecule has 0 N–H and O–H groups in total. The average molecular weight is 298 g/mol. The van der Waals surface area contributed by atoms with Crippen LogP contribution in [0.2, 0.25) is 5.02 Å². The molecule has 100 valence electrons. The lowest BCUT2D eigenvalue weighted by molar-refractivity contribution is 0.0729. The smallest absolute Gasteiger partial charge is 0.265 e. The Kier molecular flexibility index (Phi) is 3.46. The van der Waals surface area contributed by atoms with Crippen molar-refractivity contribution in [3.05, 3.63) is 33.9 Å². The summed E-state index contributed by atoms with van der Waals surface area (Å²) >= 11 is 7.48. The first-order valence-electron chi connectivity index (χ1n) is 6.34. The molecule has 2 nitrogen and oxygen atoms in total. The van der Waals surface area contributed by atoms with Gasteiger partial charge in [0.05, 0.1) is 5.02 Å². The fourth-order valence-corrected chi connectivity index (χ4v) is 3.97. The van der Waals surface area contributed by atoms with Gasteiger partial charge in [0.2, 0.25) is 0 Å². The summed E-state index contributed by atoms with van der Waals surface area (Å²) in [7, 11) is 0. The van der Waals surface area contributed by atoms with Crippen molar-refractivity contribution in [3.8, 4) is 0 Å². The van der Waals surface area contributed by atoms with Crippen molar-refractivity contribution in [3.63, 3.8) is 0 Å². The summed E-state index contributed by atoms with van der Waals surface area (Å²) in [5.41, 5.74) is 0. The van der Waals surface area contributed by atoms with E-state index in [1.807, 2.05) is 4.90 Å². The molecule has 0 aliphatic carbocycles. The molecule has 1 saturated heterocycles. The molecule has 0 bridgehead atoms. The normalized spacial score (nSPS) is 16.0. The van der Waals surface area contributed by atoms with Crippen molar-refractivity contribution in [1.29, 1.82) is 0 Å². The van der Waals surface area contributed by atoms with E-state index in [9.17, 15) is 9.18 Å². The van der Waals surface area contributed by atoms with E-state index in [2.05, 4.69) is 0 Å². The van der Waals surface area contributed by atoms with Gasteiger partial charge in [-0.1, -0.05) is 17.7 Å². The Morgan fingerprint density at radius 2 is 2.00 bits per heavy atom. The van der Waals surface area contributed by atoms with Crippen molar-refractivity contribution in [2.24, 2.45) is 0 Å². The van der Waals surface area contributed by atoms with Crippen LogP contribution in [0.5, 0.6) is 0 Å². The van der Waals surface area contributed by atoms with Crippen LogP contribution in [-0.2, 0) is 0 Å². The summed E-state index contributed by atoms with van der Waals surface area (Å²) < 4.78 is 14.5. The standard InChI is InChI=1S/C14H13ClFNOS/c15-12-11-9(16)5-4-6-10(11)19-13(12)14(18)17-7-2-1-3-8-17/h4-6H,1-3,7-8H2. The van der Waals surface area contributed by atoms with Crippen molar-refractivity contribution < 1.29 is 9.18 Å². The highest BCUT2D eigenvalue weighted by Crippen LogP contribution is 2.37. The maximum absolute atomic E-state index is 13.8. The number of amides is 1. The summed E-state index contributed by atoms with van der Waals surface area (Å²) in [5.74, 6) is -0.429. The Morgan fingerprint density at radius 3 is 2.68 bits per heavy atom. The Bertz CT molecular complexity index is 634. The fourth-order valence-electron chi connectivity index (χ4n) is 2.45. The molecule has 3 rings (SSSR count). The summed E-state index contributed by atoms with van der Waals surface area (Å²) in [6, 6.07) is 4.80. The van der Waals surface area contributed by atoms with Gasteiger partial charge in [-0.15, -0.1) is 11.3 Å². The van der Waals surface area contributed by atoms with E-state index in [1.54, 1.807) is 12.1 Å². The molecule has 1 fully saturated rings. The zero-order chi connectivity index (χ0) is 13.4. The highest BCUT2D eigenvalue weighted by atomic mass is 35.5. The van der Waals surface area contributed by atoms with Gasteiger partial charge in [0.25, 0.3) is 5.91 Å². The van der Waals surface area contributed by atoms with E-state index in [0.717, 1.165) is 30.6 Å². The van der Waals surface area contributed by atoms with E-state index >= 15 is 0 Å². The van der Waals surface area contributed by atoms with Crippen molar-refractivity contribution in [1.82, 2.24) is 4.90 Å². The number of halogens is 2. The van der Waals surface area contributed by atoms with Gasteiger partial charge in [-0.2, -0.15) is 0 Å². The summed E-state index contributed by atoms with van der Waals surface area (Å²) in [6.07, 6.45) is 3.23. The van der Waals surface area contributed by atoms with Gasteiger partial charge in [-0.25, -0.2) is 4.39 Å². The predicted molar refractivity (Wildman–Crippen MR) is 76.5 cm³/mol. The molecule has 2 heterocycles. The van der Waals surface area contributed by atoms with Crippen LogP contribution < -0.4 is 0 Å². The van der Waals surface area contributed by atoms with E-state index in [-0.39, 0.29) is 16.7 Å². The van der Waals surface area contributed by atoms with Gasteiger partial charge >= 0.3 is 0 Å². The van der Waals surface area contributed by atoms with Crippen LogP contribution in [0, 0.1) is 5.82 Å². The highest BCUT2D eigenvalue weighted by Gasteiger charge is 2.24. The van der Waals surface area contributed by atoms with Crippen LogP contribution in [0.3, 0.4) is 0 Å². The number of hydrogen-bond acceptors (Lipinski definition) is 2. The summed E-state index contributed by atoms with van der Waals surface area (Å²) in [5, 5.41) is 0.628. The van der Waals surface area contributed by atoms with Gasteiger partial charge in [-0.3, -0.25) is 4.79 Å². The second kappa shape index (κ2) is 5.10. The van der Waals surface area contributed by atoms with Gasteiger partial charge in [-0.05, 0) is 31.4 Å². The maximum atomic E-state index is 13.8. The zero-order valence-electron chi connectivity index (χ0n) is 10.3.